The summed E-state index contributed by atoms with van der Waals surface area (Å²) in [6, 6.07) is 7.69. The Bertz CT molecular complexity index is 509. The third-order valence-electron chi connectivity index (χ3n) is 3.71. The van der Waals surface area contributed by atoms with Crippen LogP contribution in [0.15, 0.2) is 24.3 Å². The average Bonchev–Trinajstić information content (AvgIpc) is 2.89. The van der Waals surface area contributed by atoms with Crippen molar-refractivity contribution in [3.8, 4) is 0 Å². The van der Waals surface area contributed by atoms with Crippen molar-refractivity contribution in [2.75, 3.05) is 6.54 Å². The first-order chi connectivity index (χ1) is 9.91. The van der Waals surface area contributed by atoms with Crippen LogP contribution < -0.4 is 11.1 Å². The van der Waals surface area contributed by atoms with Crippen LogP contribution in [-0.2, 0) is 16.0 Å². The van der Waals surface area contributed by atoms with Crippen molar-refractivity contribution >= 4 is 29.9 Å². The number of ether oxygens (including phenoxy) is 1. The molecule has 0 aliphatic carbocycles. The summed E-state index contributed by atoms with van der Waals surface area (Å²) in [5, 5.41) is 3.78. The van der Waals surface area contributed by atoms with E-state index in [0.29, 0.717) is 13.0 Å². The zero-order valence-corrected chi connectivity index (χ0v) is 14.5. The fraction of sp³-hybridized carbons (Fsp3) is 0.562. The van der Waals surface area contributed by atoms with Gasteiger partial charge in [-0.1, -0.05) is 29.8 Å². The maximum absolute atomic E-state index is 12.3. The summed E-state index contributed by atoms with van der Waals surface area (Å²) in [6.45, 7) is 4.44. The highest BCUT2D eigenvalue weighted by Gasteiger charge is 2.32. The minimum absolute atomic E-state index is 0. The molecule has 1 aromatic carbocycles. The van der Waals surface area contributed by atoms with Gasteiger partial charge in [0.1, 0.15) is 6.10 Å². The Kier molecular flexibility index (Phi) is 7.13. The third kappa shape index (κ3) is 5.13. The second-order valence-corrected chi connectivity index (χ2v) is 6.61. The number of nitrogens with two attached hydrogens (primary N) is 1. The SMILES string of the molecule is CC(C)(Cc1ccccc1Cl)NC(=O)[C@@H]1CC[C@H](CN)O1.Cl. The van der Waals surface area contributed by atoms with Gasteiger partial charge in [-0.05, 0) is 44.7 Å². The number of hydrogen-bond acceptors (Lipinski definition) is 3. The van der Waals surface area contributed by atoms with Gasteiger partial charge in [0.15, 0.2) is 0 Å². The van der Waals surface area contributed by atoms with Gasteiger partial charge in [0, 0.05) is 17.1 Å². The molecule has 1 aliphatic heterocycles. The molecule has 0 aromatic heterocycles. The predicted molar refractivity (Wildman–Crippen MR) is 91.6 cm³/mol. The van der Waals surface area contributed by atoms with Crippen LogP contribution in [-0.4, -0.2) is 30.2 Å². The Hall–Kier alpha value is -0.810. The summed E-state index contributed by atoms with van der Waals surface area (Å²) >= 11 is 6.18. The lowest BCUT2D eigenvalue weighted by atomic mass is 9.94. The molecule has 0 saturated carbocycles. The number of hydrogen-bond donors (Lipinski definition) is 2. The molecule has 0 spiro atoms. The van der Waals surface area contributed by atoms with Gasteiger partial charge in [-0.25, -0.2) is 0 Å². The van der Waals surface area contributed by atoms with Gasteiger partial charge in [-0.15, -0.1) is 12.4 Å². The van der Waals surface area contributed by atoms with E-state index in [1.807, 2.05) is 38.1 Å². The summed E-state index contributed by atoms with van der Waals surface area (Å²) in [4.78, 5) is 12.3. The molecular weight excluding hydrogens is 323 g/mol. The molecule has 3 N–H and O–H groups in total. The summed E-state index contributed by atoms with van der Waals surface area (Å²) in [6.07, 6.45) is 1.87. The largest absolute Gasteiger partial charge is 0.364 e. The van der Waals surface area contributed by atoms with Gasteiger partial charge >= 0.3 is 0 Å². The number of carbonyl (C=O) groups is 1. The zero-order valence-electron chi connectivity index (χ0n) is 13.0. The molecule has 1 amide bonds. The summed E-state index contributed by atoms with van der Waals surface area (Å²) in [7, 11) is 0. The molecule has 4 nitrogen and oxygen atoms in total. The van der Waals surface area contributed by atoms with Crippen molar-refractivity contribution in [3.05, 3.63) is 34.9 Å². The average molecular weight is 347 g/mol. The number of rotatable bonds is 5. The second-order valence-electron chi connectivity index (χ2n) is 6.20. The molecule has 22 heavy (non-hydrogen) atoms. The minimum Gasteiger partial charge on any atom is -0.364 e. The Morgan fingerprint density at radius 2 is 2.09 bits per heavy atom. The topological polar surface area (TPSA) is 64.4 Å². The molecule has 0 unspecified atom stereocenters. The number of halogens is 2. The molecule has 0 radical (unpaired) electrons. The van der Waals surface area contributed by atoms with E-state index < -0.39 is 0 Å². The van der Waals surface area contributed by atoms with Gasteiger partial charge in [-0.2, -0.15) is 0 Å². The number of benzene rings is 1. The quantitative estimate of drug-likeness (QED) is 0.861. The molecule has 1 aliphatic rings. The van der Waals surface area contributed by atoms with Crippen molar-refractivity contribution in [1.29, 1.82) is 0 Å². The van der Waals surface area contributed by atoms with Crippen LogP contribution in [0.1, 0.15) is 32.3 Å². The fourth-order valence-electron chi connectivity index (χ4n) is 2.65. The molecule has 124 valence electrons. The third-order valence-corrected chi connectivity index (χ3v) is 4.08. The van der Waals surface area contributed by atoms with Crippen LogP contribution in [0.3, 0.4) is 0 Å². The zero-order chi connectivity index (χ0) is 15.5. The first-order valence-corrected chi connectivity index (χ1v) is 7.70. The standard InChI is InChI=1S/C16H23ClN2O2.ClH/c1-16(2,9-11-5-3-4-6-13(11)17)19-15(20)14-8-7-12(10-18)21-14;/h3-6,12,14H,7-10,18H2,1-2H3,(H,19,20);1H/t12-,14+;/m1./s1. The van der Waals surface area contributed by atoms with Crippen molar-refractivity contribution in [2.24, 2.45) is 5.73 Å². The minimum atomic E-state index is -0.385. The summed E-state index contributed by atoms with van der Waals surface area (Å²) < 4.78 is 5.63. The van der Waals surface area contributed by atoms with Crippen molar-refractivity contribution < 1.29 is 9.53 Å². The van der Waals surface area contributed by atoms with E-state index in [9.17, 15) is 4.79 Å². The van der Waals surface area contributed by atoms with Crippen LogP contribution in [0, 0.1) is 0 Å². The van der Waals surface area contributed by atoms with E-state index >= 15 is 0 Å². The number of nitrogens with one attached hydrogen (secondary N) is 1. The normalized spacial score (nSPS) is 21.3. The van der Waals surface area contributed by atoms with Crippen molar-refractivity contribution in [1.82, 2.24) is 5.32 Å². The van der Waals surface area contributed by atoms with E-state index in [1.54, 1.807) is 0 Å². The highest BCUT2D eigenvalue weighted by Crippen LogP contribution is 2.23. The van der Waals surface area contributed by atoms with Gasteiger partial charge in [-0.3, -0.25) is 4.79 Å². The summed E-state index contributed by atoms with van der Waals surface area (Å²) in [5.74, 6) is -0.0667. The Balaban J connectivity index is 0.00000242. The lowest BCUT2D eigenvalue weighted by Crippen LogP contribution is -2.49. The van der Waals surface area contributed by atoms with Gasteiger partial charge in [0.25, 0.3) is 0 Å². The molecule has 1 aromatic rings. The molecule has 2 atom stereocenters. The van der Waals surface area contributed by atoms with Gasteiger partial charge in [0.2, 0.25) is 5.91 Å². The smallest absolute Gasteiger partial charge is 0.249 e. The maximum Gasteiger partial charge on any atom is 0.249 e. The van der Waals surface area contributed by atoms with Crippen LogP contribution >= 0.6 is 24.0 Å². The van der Waals surface area contributed by atoms with E-state index in [1.165, 1.54) is 0 Å². The monoisotopic (exact) mass is 346 g/mol. The van der Waals surface area contributed by atoms with E-state index in [4.69, 9.17) is 22.1 Å². The van der Waals surface area contributed by atoms with Crippen molar-refractivity contribution in [2.45, 2.75) is 50.9 Å². The van der Waals surface area contributed by atoms with Crippen LogP contribution in [0.5, 0.6) is 0 Å². The maximum atomic E-state index is 12.3. The molecule has 0 bridgehead atoms. The molecule has 6 heteroatoms. The van der Waals surface area contributed by atoms with Gasteiger partial charge < -0.3 is 15.8 Å². The first-order valence-electron chi connectivity index (χ1n) is 7.32. The highest BCUT2D eigenvalue weighted by molar-refractivity contribution is 6.31. The lowest BCUT2D eigenvalue weighted by Gasteiger charge is -2.28. The van der Waals surface area contributed by atoms with Gasteiger partial charge in [0.05, 0.1) is 6.10 Å². The molecule has 1 heterocycles. The molecule has 1 fully saturated rings. The fourth-order valence-corrected chi connectivity index (χ4v) is 2.85. The van der Waals surface area contributed by atoms with E-state index in [0.717, 1.165) is 23.4 Å². The van der Waals surface area contributed by atoms with E-state index in [2.05, 4.69) is 5.32 Å². The van der Waals surface area contributed by atoms with Crippen LogP contribution in [0.25, 0.3) is 0 Å². The van der Waals surface area contributed by atoms with Crippen LogP contribution in [0.2, 0.25) is 5.02 Å². The van der Waals surface area contributed by atoms with Crippen molar-refractivity contribution in [3.63, 3.8) is 0 Å². The first kappa shape index (κ1) is 19.2. The number of carbonyl (C=O) groups excluding carboxylic acids is 1. The Morgan fingerprint density at radius 3 is 2.68 bits per heavy atom. The molecule has 1 saturated heterocycles. The Morgan fingerprint density at radius 1 is 1.41 bits per heavy atom. The second kappa shape index (κ2) is 8.16. The van der Waals surface area contributed by atoms with Crippen LogP contribution in [0.4, 0.5) is 0 Å². The Labute approximate surface area is 143 Å². The lowest BCUT2D eigenvalue weighted by molar-refractivity contribution is -0.133. The number of amides is 1. The predicted octanol–water partition coefficient (Wildman–Crippen LogP) is 2.71. The van der Waals surface area contributed by atoms with E-state index in [-0.39, 0.29) is 36.1 Å². The molecular formula is C16H24Cl2N2O2. The highest BCUT2D eigenvalue weighted by atomic mass is 35.5. The molecule has 2 rings (SSSR count). The summed E-state index contributed by atoms with van der Waals surface area (Å²) in [5.41, 5.74) is 6.21.